The van der Waals surface area contributed by atoms with Gasteiger partial charge in [-0.05, 0) is 5.92 Å². The van der Waals surface area contributed by atoms with E-state index < -0.39 is 37.0 Å². The number of esters is 1. The standard InChI is InChI=1S/C11H20O7/c1-6(2)3-9(15)18-5-8(14)11(17)10(16)7(13)4-12/h4,6-8,10-11,13-14,16-17H,3,5H2,1-2H3/t7-,8+,10+,11+/m0/s1. The van der Waals surface area contributed by atoms with Crippen LogP contribution in [0.15, 0.2) is 0 Å². The highest BCUT2D eigenvalue weighted by atomic mass is 16.5. The van der Waals surface area contributed by atoms with E-state index in [0.717, 1.165) is 0 Å². The van der Waals surface area contributed by atoms with E-state index in [9.17, 15) is 24.9 Å². The van der Waals surface area contributed by atoms with Crippen LogP contribution in [0.1, 0.15) is 20.3 Å². The molecule has 106 valence electrons. The molecule has 0 unspecified atom stereocenters. The number of hydrogen-bond acceptors (Lipinski definition) is 7. The van der Waals surface area contributed by atoms with E-state index in [1.807, 2.05) is 13.8 Å². The van der Waals surface area contributed by atoms with Crippen molar-refractivity contribution in [3.05, 3.63) is 0 Å². The van der Waals surface area contributed by atoms with Crippen LogP contribution in [0.25, 0.3) is 0 Å². The third kappa shape index (κ3) is 6.06. The molecule has 0 heterocycles. The molecular weight excluding hydrogens is 244 g/mol. The molecule has 0 rings (SSSR count). The van der Waals surface area contributed by atoms with Crippen LogP contribution < -0.4 is 0 Å². The number of carbonyl (C=O) groups is 2. The summed E-state index contributed by atoms with van der Waals surface area (Å²) in [5, 5.41) is 37.0. The van der Waals surface area contributed by atoms with E-state index in [4.69, 9.17) is 5.11 Å². The van der Waals surface area contributed by atoms with Gasteiger partial charge >= 0.3 is 5.97 Å². The number of aldehydes is 1. The Balaban J connectivity index is 4.12. The van der Waals surface area contributed by atoms with E-state index in [1.54, 1.807) is 0 Å². The van der Waals surface area contributed by atoms with Crippen molar-refractivity contribution in [3.63, 3.8) is 0 Å². The van der Waals surface area contributed by atoms with Crippen molar-refractivity contribution in [1.29, 1.82) is 0 Å². The lowest BCUT2D eigenvalue weighted by Crippen LogP contribution is -2.46. The topological polar surface area (TPSA) is 124 Å². The van der Waals surface area contributed by atoms with E-state index in [0.29, 0.717) is 0 Å². The van der Waals surface area contributed by atoms with Crippen molar-refractivity contribution in [2.24, 2.45) is 5.92 Å². The minimum Gasteiger partial charge on any atom is -0.463 e. The fraction of sp³-hybridized carbons (Fsp3) is 0.818. The Labute approximate surface area is 105 Å². The zero-order chi connectivity index (χ0) is 14.3. The normalized spacial score (nSPS) is 17.9. The first-order valence-electron chi connectivity index (χ1n) is 5.62. The molecular formula is C11H20O7. The summed E-state index contributed by atoms with van der Waals surface area (Å²) >= 11 is 0. The zero-order valence-corrected chi connectivity index (χ0v) is 10.4. The second-order valence-corrected chi connectivity index (χ2v) is 4.46. The van der Waals surface area contributed by atoms with Crippen molar-refractivity contribution in [1.82, 2.24) is 0 Å². The summed E-state index contributed by atoms with van der Waals surface area (Å²) < 4.78 is 4.67. The van der Waals surface area contributed by atoms with Gasteiger partial charge < -0.3 is 30.0 Å². The summed E-state index contributed by atoms with van der Waals surface area (Å²) in [7, 11) is 0. The largest absolute Gasteiger partial charge is 0.463 e. The predicted molar refractivity (Wildman–Crippen MR) is 60.5 cm³/mol. The molecule has 0 saturated carbocycles. The lowest BCUT2D eigenvalue weighted by molar-refractivity contribution is -0.156. The summed E-state index contributed by atoms with van der Waals surface area (Å²) in [6.07, 6.45) is -6.79. The van der Waals surface area contributed by atoms with Gasteiger partial charge in [-0.1, -0.05) is 13.8 Å². The Kier molecular flexibility index (Phi) is 7.69. The van der Waals surface area contributed by atoms with Crippen LogP contribution in [0.4, 0.5) is 0 Å². The van der Waals surface area contributed by atoms with Crippen LogP contribution >= 0.6 is 0 Å². The number of ether oxygens (including phenoxy) is 1. The minimum absolute atomic E-state index is 0.0331. The lowest BCUT2D eigenvalue weighted by Gasteiger charge is -2.23. The highest BCUT2D eigenvalue weighted by Gasteiger charge is 2.30. The van der Waals surface area contributed by atoms with Crippen LogP contribution in [-0.4, -0.2) is 63.7 Å². The Morgan fingerprint density at radius 2 is 1.72 bits per heavy atom. The molecule has 0 fully saturated rings. The quantitative estimate of drug-likeness (QED) is 0.302. The molecule has 0 aromatic rings. The molecule has 0 aliphatic heterocycles. The van der Waals surface area contributed by atoms with Gasteiger partial charge in [-0.2, -0.15) is 0 Å². The summed E-state index contributed by atoms with van der Waals surface area (Å²) in [6, 6.07) is 0. The van der Waals surface area contributed by atoms with E-state index >= 15 is 0 Å². The second-order valence-electron chi connectivity index (χ2n) is 4.46. The molecule has 7 nitrogen and oxygen atoms in total. The predicted octanol–water partition coefficient (Wildman–Crippen LogP) is -1.78. The first-order chi connectivity index (χ1) is 8.29. The van der Waals surface area contributed by atoms with Crippen LogP contribution in [0, 0.1) is 5.92 Å². The molecule has 7 heteroatoms. The summed E-state index contributed by atoms with van der Waals surface area (Å²) in [4.78, 5) is 21.3. The maximum atomic E-state index is 11.2. The van der Waals surface area contributed by atoms with Gasteiger partial charge in [0.15, 0.2) is 6.29 Å². The van der Waals surface area contributed by atoms with E-state index in [-0.39, 0.29) is 18.6 Å². The Bertz CT molecular complexity index is 266. The molecule has 0 amide bonds. The average molecular weight is 264 g/mol. The number of rotatable bonds is 8. The number of carbonyl (C=O) groups excluding carboxylic acids is 2. The molecule has 0 radical (unpaired) electrons. The van der Waals surface area contributed by atoms with Crippen molar-refractivity contribution >= 4 is 12.3 Å². The summed E-state index contributed by atoms with van der Waals surface area (Å²) in [5.41, 5.74) is 0. The molecule has 0 aromatic heterocycles. The van der Waals surface area contributed by atoms with Crippen molar-refractivity contribution in [2.45, 2.75) is 44.7 Å². The molecule has 0 aliphatic rings. The molecule has 18 heavy (non-hydrogen) atoms. The Morgan fingerprint density at radius 1 is 1.17 bits per heavy atom. The first kappa shape index (κ1) is 17.0. The van der Waals surface area contributed by atoms with Crippen LogP contribution in [0.3, 0.4) is 0 Å². The molecule has 0 bridgehead atoms. The average Bonchev–Trinajstić information content (AvgIpc) is 2.32. The van der Waals surface area contributed by atoms with Gasteiger partial charge in [0, 0.05) is 6.42 Å². The van der Waals surface area contributed by atoms with Crippen LogP contribution in [-0.2, 0) is 14.3 Å². The molecule has 4 N–H and O–H groups in total. The summed E-state index contributed by atoms with van der Waals surface area (Å²) in [6.45, 7) is 3.11. The molecule has 0 spiro atoms. The van der Waals surface area contributed by atoms with Gasteiger partial charge in [0.1, 0.15) is 31.0 Å². The zero-order valence-electron chi connectivity index (χ0n) is 10.4. The van der Waals surface area contributed by atoms with Gasteiger partial charge in [0.05, 0.1) is 0 Å². The first-order valence-corrected chi connectivity index (χ1v) is 5.62. The molecule has 0 aliphatic carbocycles. The number of hydrogen-bond donors (Lipinski definition) is 4. The lowest BCUT2D eigenvalue weighted by atomic mass is 10.0. The van der Waals surface area contributed by atoms with Crippen LogP contribution in [0.5, 0.6) is 0 Å². The maximum absolute atomic E-state index is 11.2. The maximum Gasteiger partial charge on any atom is 0.306 e. The van der Waals surface area contributed by atoms with Crippen LogP contribution in [0.2, 0.25) is 0 Å². The van der Waals surface area contributed by atoms with Crippen molar-refractivity contribution in [3.8, 4) is 0 Å². The molecule has 0 saturated heterocycles. The Hall–Kier alpha value is -1.02. The third-order valence-electron chi connectivity index (χ3n) is 2.22. The summed E-state index contributed by atoms with van der Waals surface area (Å²) in [5.74, 6) is -0.441. The highest BCUT2D eigenvalue weighted by Crippen LogP contribution is 2.06. The molecule has 4 atom stereocenters. The smallest absolute Gasteiger partial charge is 0.306 e. The van der Waals surface area contributed by atoms with E-state index in [1.165, 1.54) is 0 Å². The minimum atomic E-state index is -1.83. The van der Waals surface area contributed by atoms with E-state index in [2.05, 4.69) is 4.74 Å². The van der Waals surface area contributed by atoms with Crippen molar-refractivity contribution < 1.29 is 34.8 Å². The fourth-order valence-corrected chi connectivity index (χ4v) is 1.18. The SMILES string of the molecule is CC(C)CC(=O)OC[C@@H](O)[C@@H](O)[C@H](O)[C@@H](O)C=O. The number of aliphatic hydroxyl groups excluding tert-OH is 4. The second kappa shape index (κ2) is 8.15. The highest BCUT2D eigenvalue weighted by molar-refractivity contribution is 5.69. The van der Waals surface area contributed by atoms with Crippen molar-refractivity contribution in [2.75, 3.05) is 6.61 Å². The fourth-order valence-electron chi connectivity index (χ4n) is 1.18. The van der Waals surface area contributed by atoms with Gasteiger partial charge in [0.25, 0.3) is 0 Å². The van der Waals surface area contributed by atoms with Gasteiger partial charge in [-0.15, -0.1) is 0 Å². The monoisotopic (exact) mass is 264 g/mol. The van der Waals surface area contributed by atoms with Gasteiger partial charge in [0.2, 0.25) is 0 Å². The van der Waals surface area contributed by atoms with Gasteiger partial charge in [-0.3, -0.25) is 4.79 Å². The Morgan fingerprint density at radius 3 is 2.17 bits per heavy atom. The van der Waals surface area contributed by atoms with Gasteiger partial charge in [-0.25, -0.2) is 0 Å². The molecule has 0 aromatic carbocycles. The number of aliphatic hydroxyl groups is 4. The third-order valence-corrected chi connectivity index (χ3v) is 2.22.